The summed E-state index contributed by atoms with van der Waals surface area (Å²) in [5.41, 5.74) is 0. The van der Waals surface area contributed by atoms with E-state index in [0.717, 1.165) is 19.4 Å². The van der Waals surface area contributed by atoms with Gasteiger partial charge in [0.2, 0.25) is 0 Å². The van der Waals surface area contributed by atoms with Crippen LogP contribution in [0, 0.1) is 0 Å². The van der Waals surface area contributed by atoms with Crippen LogP contribution in [0.25, 0.3) is 0 Å². The molecule has 1 atom stereocenters. The van der Waals surface area contributed by atoms with E-state index in [4.69, 9.17) is 0 Å². The molecule has 0 aromatic carbocycles. The topological polar surface area (TPSA) is 15.6 Å². The van der Waals surface area contributed by atoms with Gasteiger partial charge in [-0.3, -0.25) is 5.01 Å². The number of nitrogens with zero attached hydrogens (tertiary/aromatic N) is 2. The number of hydrogen-bond acceptors (Lipinski definition) is 2. The summed E-state index contributed by atoms with van der Waals surface area (Å²) in [6.45, 7) is 0.930. The van der Waals surface area contributed by atoms with Crippen molar-refractivity contribution < 1.29 is 0 Å². The minimum atomic E-state index is 0.415. The molecule has 2 heteroatoms. The van der Waals surface area contributed by atoms with Crippen LogP contribution in [0.15, 0.2) is 41.6 Å². The fourth-order valence-corrected chi connectivity index (χ4v) is 2.32. The maximum absolute atomic E-state index is 4.64. The van der Waals surface area contributed by atoms with Crippen molar-refractivity contribution in [3.05, 3.63) is 36.5 Å². The second-order valence-corrected chi connectivity index (χ2v) is 4.96. The standard InChI is InChI=1S/C16H24N2/c1-2-5-9-13-16(12-8-4-1)18-15-11-7-3-6-10-14-17-18/h4,7-9,11,13-14,16H,1-3,5-6,10,12,15H2/b8-4+,11-7-,13-9?,17-14?. The molecule has 98 valence electrons. The van der Waals surface area contributed by atoms with Crippen LogP contribution in [0.3, 0.4) is 0 Å². The van der Waals surface area contributed by atoms with Gasteiger partial charge in [-0.1, -0.05) is 36.5 Å². The fraction of sp³-hybridized carbons (Fsp3) is 0.562. The minimum Gasteiger partial charge on any atom is -0.286 e. The van der Waals surface area contributed by atoms with Crippen LogP contribution in [0.4, 0.5) is 0 Å². The summed E-state index contributed by atoms with van der Waals surface area (Å²) < 4.78 is 0. The largest absolute Gasteiger partial charge is 0.286 e. The molecule has 1 aliphatic heterocycles. The molecular formula is C16H24N2. The van der Waals surface area contributed by atoms with E-state index in [9.17, 15) is 0 Å². The SMILES string of the molecule is C1=CC(N2C/C=C\CCCC=N2)C/C=C/CCC1. The van der Waals surface area contributed by atoms with Crippen LogP contribution in [-0.4, -0.2) is 23.8 Å². The Balaban J connectivity index is 2.04. The van der Waals surface area contributed by atoms with Gasteiger partial charge in [-0.15, -0.1) is 0 Å². The molecule has 0 saturated carbocycles. The Hall–Kier alpha value is -1.31. The highest BCUT2D eigenvalue weighted by Gasteiger charge is 2.11. The van der Waals surface area contributed by atoms with E-state index in [1.54, 1.807) is 0 Å². The molecule has 0 aromatic rings. The highest BCUT2D eigenvalue weighted by atomic mass is 15.5. The summed E-state index contributed by atoms with van der Waals surface area (Å²) in [5.74, 6) is 0. The second-order valence-electron chi connectivity index (χ2n) is 4.96. The third kappa shape index (κ3) is 4.52. The van der Waals surface area contributed by atoms with Crippen molar-refractivity contribution in [1.29, 1.82) is 0 Å². The van der Waals surface area contributed by atoms with Gasteiger partial charge < -0.3 is 0 Å². The first-order valence-electron chi connectivity index (χ1n) is 7.22. The highest BCUT2D eigenvalue weighted by molar-refractivity contribution is 5.56. The average molecular weight is 244 g/mol. The van der Waals surface area contributed by atoms with Gasteiger partial charge in [0.25, 0.3) is 0 Å². The van der Waals surface area contributed by atoms with Crippen molar-refractivity contribution in [2.75, 3.05) is 6.54 Å². The van der Waals surface area contributed by atoms with Crippen molar-refractivity contribution in [2.24, 2.45) is 5.10 Å². The summed E-state index contributed by atoms with van der Waals surface area (Å²) in [4.78, 5) is 0. The first kappa shape index (κ1) is 13.1. The van der Waals surface area contributed by atoms with Gasteiger partial charge in [0.05, 0.1) is 12.6 Å². The lowest BCUT2D eigenvalue weighted by Crippen LogP contribution is -2.29. The van der Waals surface area contributed by atoms with Crippen molar-refractivity contribution in [3.63, 3.8) is 0 Å². The van der Waals surface area contributed by atoms with E-state index in [1.807, 2.05) is 0 Å². The molecule has 1 aliphatic carbocycles. The lowest BCUT2D eigenvalue weighted by Gasteiger charge is -2.25. The fourth-order valence-electron chi connectivity index (χ4n) is 2.32. The van der Waals surface area contributed by atoms with E-state index >= 15 is 0 Å². The Kier molecular flexibility index (Phi) is 5.77. The zero-order valence-corrected chi connectivity index (χ0v) is 11.2. The third-order valence-electron chi connectivity index (χ3n) is 3.42. The van der Waals surface area contributed by atoms with E-state index in [2.05, 4.69) is 52.8 Å². The number of hydrazone groups is 1. The molecule has 0 aromatic heterocycles. The van der Waals surface area contributed by atoms with Gasteiger partial charge in [0.15, 0.2) is 0 Å². The van der Waals surface area contributed by atoms with Crippen molar-refractivity contribution >= 4 is 6.21 Å². The van der Waals surface area contributed by atoms with E-state index < -0.39 is 0 Å². The number of allylic oxidation sites excluding steroid dienone is 3. The van der Waals surface area contributed by atoms with Crippen molar-refractivity contribution in [2.45, 2.75) is 51.0 Å². The van der Waals surface area contributed by atoms with Crippen molar-refractivity contribution in [1.82, 2.24) is 5.01 Å². The summed E-state index contributed by atoms with van der Waals surface area (Å²) in [5, 5.41) is 6.86. The molecule has 2 rings (SSSR count). The zero-order valence-electron chi connectivity index (χ0n) is 11.2. The van der Waals surface area contributed by atoms with Gasteiger partial charge in [-0.25, -0.2) is 0 Å². The molecule has 0 N–H and O–H groups in total. The van der Waals surface area contributed by atoms with Crippen LogP contribution < -0.4 is 0 Å². The first-order chi connectivity index (χ1) is 8.97. The normalized spacial score (nSPS) is 29.3. The maximum atomic E-state index is 4.64. The second kappa shape index (κ2) is 7.91. The smallest absolute Gasteiger partial charge is 0.0688 e. The molecule has 2 nitrogen and oxygen atoms in total. The Bertz CT molecular complexity index is 305. The van der Waals surface area contributed by atoms with Gasteiger partial charge in [0.1, 0.15) is 0 Å². The van der Waals surface area contributed by atoms with Gasteiger partial charge in [0, 0.05) is 6.21 Å². The van der Waals surface area contributed by atoms with E-state index in [-0.39, 0.29) is 0 Å². The first-order valence-corrected chi connectivity index (χ1v) is 7.22. The van der Waals surface area contributed by atoms with Crippen LogP contribution in [-0.2, 0) is 0 Å². The van der Waals surface area contributed by atoms with Gasteiger partial charge in [-0.2, -0.15) is 5.10 Å². The zero-order chi connectivity index (χ0) is 12.5. The van der Waals surface area contributed by atoms with Crippen LogP contribution >= 0.6 is 0 Å². The van der Waals surface area contributed by atoms with Gasteiger partial charge >= 0.3 is 0 Å². The van der Waals surface area contributed by atoms with Gasteiger partial charge in [-0.05, 0) is 44.9 Å². The molecule has 2 aliphatic rings. The maximum Gasteiger partial charge on any atom is 0.0688 e. The Labute approximate surface area is 111 Å². The molecule has 0 spiro atoms. The number of hydrogen-bond donors (Lipinski definition) is 0. The lowest BCUT2D eigenvalue weighted by molar-refractivity contribution is 0.268. The summed E-state index contributed by atoms with van der Waals surface area (Å²) in [6.07, 6.45) is 24.1. The molecule has 1 heterocycles. The van der Waals surface area contributed by atoms with E-state index in [0.29, 0.717) is 6.04 Å². The Morgan fingerprint density at radius 2 is 1.61 bits per heavy atom. The molecular weight excluding hydrogens is 220 g/mol. The van der Waals surface area contributed by atoms with Crippen LogP contribution in [0.2, 0.25) is 0 Å². The molecule has 0 saturated heterocycles. The summed E-state index contributed by atoms with van der Waals surface area (Å²) in [6, 6.07) is 0.415. The molecule has 1 unspecified atom stereocenters. The summed E-state index contributed by atoms with van der Waals surface area (Å²) >= 11 is 0. The molecule has 18 heavy (non-hydrogen) atoms. The predicted octanol–water partition coefficient (Wildman–Crippen LogP) is 4.07. The predicted molar refractivity (Wildman–Crippen MR) is 78.7 cm³/mol. The lowest BCUT2D eigenvalue weighted by atomic mass is 10.1. The monoisotopic (exact) mass is 244 g/mol. The summed E-state index contributed by atoms with van der Waals surface area (Å²) in [7, 11) is 0. The molecule has 0 amide bonds. The minimum absolute atomic E-state index is 0.415. The van der Waals surface area contributed by atoms with E-state index in [1.165, 1.54) is 32.1 Å². The highest BCUT2D eigenvalue weighted by Crippen LogP contribution is 2.13. The average Bonchev–Trinajstić information content (AvgIpc) is 2.61. The van der Waals surface area contributed by atoms with Crippen LogP contribution in [0.5, 0.6) is 0 Å². The molecule has 0 radical (unpaired) electrons. The third-order valence-corrected chi connectivity index (χ3v) is 3.42. The Morgan fingerprint density at radius 3 is 2.56 bits per heavy atom. The Morgan fingerprint density at radius 1 is 0.833 bits per heavy atom. The molecule has 0 bridgehead atoms. The quantitative estimate of drug-likeness (QED) is 0.635. The molecule has 0 fully saturated rings. The number of rotatable bonds is 1. The van der Waals surface area contributed by atoms with Crippen molar-refractivity contribution in [3.8, 4) is 0 Å². The van der Waals surface area contributed by atoms with Crippen LogP contribution in [0.1, 0.15) is 44.9 Å².